The SMILES string of the molecule is CN=C(NCc1ccco1)N1CCCC(C)C1. The van der Waals surface area contributed by atoms with Crippen molar-refractivity contribution in [1.29, 1.82) is 0 Å². The summed E-state index contributed by atoms with van der Waals surface area (Å²) < 4.78 is 5.30. The molecule has 1 aliphatic rings. The molecule has 4 nitrogen and oxygen atoms in total. The van der Waals surface area contributed by atoms with Crippen LogP contribution in [0.3, 0.4) is 0 Å². The fourth-order valence-electron chi connectivity index (χ4n) is 2.29. The molecule has 1 N–H and O–H groups in total. The van der Waals surface area contributed by atoms with E-state index in [1.54, 1.807) is 6.26 Å². The van der Waals surface area contributed by atoms with Crippen molar-refractivity contribution in [2.24, 2.45) is 10.9 Å². The fourth-order valence-corrected chi connectivity index (χ4v) is 2.29. The first-order chi connectivity index (χ1) is 8.29. The first kappa shape index (κ1) is 12.0. The summed E-state index contributed by atoms with van der Waals surface area (Å²) in [5.41, 5.74) is 0. The van der Waals surface area contributed by atoms with E-state index >= 15 is 0 Å². The van der Waals surface area contributed by atoms with Crippen LogP contribution in [0.2, 0.25) is 0 Å². The maximum atomic E-state index is 5.30. The molecule has 1 aliphatic heterocycles. The molecule has 1 saturated heterocycles. The van der Waals surface area contributed by atoms with Crippen LogP contribution >= 0.6 is 0 Å². The summed E-state index contributed by atoms with van der Waals surface area (Å²) in [6, 6.07) is 3.88. The third-order valence-electron chi connectivity index (χ3n) is 3.17. The number of rotatable bonds is 2. The Morgan fingerprint density at radius 2 is 2.53 bits per heavy atom. The van der Waals surface area contributed by atoms with Crippen LogP contribution in [0.25, 0.3) is 0 Å². The number of piperidine rings is 1. The Hall–Kier alpha value is -1.45. The van der Waals surface area contributed by atoms with Crippen molar-refractivity contribution in [2.75, 3.05) is 20.1 Å². The van der Waals surface area contributed by atoms with Crippen molar-refractivity contribution in [3.63, 3.8) is 0 Å². The molecule has 2 rings (SSSR count). The Morgan fingerprint density at radius 1 is 1.65 bits per heavy atom. The van der Waals surface area contributed by atoms with Crippen LogP contribution in [-0.2, 0) is 6.54 Å². The molecule has 0 radical (unpaired) electrons. The number of likely N-dealkylation sites (tertiary alicyclic amines) is 1. The zero-order valence-electron chi connectivity index (χ0n) is 10.6. The Morgan fingerprint density at radius 3 is 3.18 bits per heavy atom. The van der Waals surface area contributed by atoms with Crippen molar-refractivity contribution < 1.29 is 4.42 Å². The molecule has 4 heteroatoms. The van der Waals surface area contributed by atoms with Gasteiger partial charge in [0.25, 0.3) is 0 Å². The lowest BCUT2D eigenvalue weighted by Gasteiger charge is -2.33. The Labute approximate surface area is 103 Å². The molecule has 0 aromatic carbocycles. The minimum atomic E-state index is 0.699. The standard InChI is InChI=1S/C13H21N3O/c1-11-5-3-7-16(10-11)13(14-2)15-9-12-6-4-8-17-12/h4,6,8,11H,3,5,7,9-10H2,1-2H3,(H,14,15). The normalized spacial score (nSPS) is 21.6. The average Bonchev–Trinajstić information content (AvgIpc) is 2.83. The number of nitrogens with one attached hydrogen (secondary N) is 1. The topological polar surface area (TPSA) is 40.8 Å². The predicted molar refractivity (Wildman–Crippen MR) is 68.9 cm³/mol. The van der Waals surface area contributed by atoms with Gasteiger partial charge in [0.2, 0.25) is 0 Å². The largest absolute Gasteiger partial charge is 0.467 e. The lowest BCUT2D eigenvalue weighted by atomic mass is 10.0. The number of furan rings is 1. The van der Waals surface area contributed by atoms with Gasteiger partial charge in [-0.15, -0.1) is 0 Å². The van der Waals surface area contributed by atoms with Gasteiger partial charge in [0, 0.05) is 20.1 Å². The van der Waals surface area contributed by atoms with Gasteiger partial charge in [-0.1, -0.05) is 6.92 Å². The van der Waals surface area contributed by atoms with Crippen LogP contribution in [0.15, 0.2) is 27.8 Å². The third kappa shape index (κ3) is 3.25. The van der Waals surface area contributed by atoms with Crippen LogP contribution in [-0.4, -0.2) is 31.0 Å². The first-order valence-electron chi connectivity index (χ1n) is 6.27. The molecule has 0 spiro atoms. The molecule has 0 saturated carbocycles. The summed E-state index contributed by atoms with van der Waals surface area (Å²) in [7, 11) is 1.84. The molecule has 0 aliphatic carbocycles. The molecule has 1 aromatic rings. The highest BCUT2D eigenvalue weighted by Crippen LogP contribution is 2.15. The van der Waals surface area contributed by atoms with E-state index in [1.165, 1.54) is 12.8 Å². The lowest BCUT2D eigenvalue weighted by Crippen LogP contribution is -2.45. The molecule has 0 bridgehead atoms. The molecule has 1 fully saturated rings. The molecular weight excluding hydrogens is 214 g/mol. The minimum absolute atomic E-state index is 0.699. The monoisotopic (exact) mass is 235 g/mol. The lowest BCUT2D eigenvalue weighted by molar-refractivity contribution is 0.265. The number of hydrogen-bond donors (Lipinski definition) is 1. The molecule has 2 heterocycles. The quantitative estimate of drug-likeness (QED) is 0.630. The van der Waals surface area contributed by atoms with Crippen molar-refractivity contribution in [3.8, 4) is 0 Å². The van der Waals surface area contributed by atoms with Gasteiger partial charge in [0.05, 0.1) is 12.8 Å². The van der Waals surface area contributed by atoms with Crippen molar-refractivity contribution >= 4 is 5.96 Å². The van der Waals surface area contributed by atoms with Gasteiger partial charge in [-0.3, -0.25) is 4.99 Å². The van der Waals surface area contributed by atoms with Crippen molar-refractivity contribution in [2.45, 2.75) is 26.3 Å². The maximum absolute atomic E-state index is 5.30. The van der Waals surface area contributed by atoms with Gasteiger partial charge in [-0.05, 0) is 30.9 Å². The van der Waals surface area contributed by atoms with Gasteiger partial charge in [0.15, 0.2) is 5.96 Å². The molecule has 94 valence electrons. The van der Waals surface area contributed by atoms with Gasteiger partial charge in [-0.25, -0.2) is 0 Å². The molecule has 1 atom stereocenters. The van der Waals surface area contributed by atoms with E-state index in [2.05, 4.69) is 22.1 Å². The van der Waals surface area contributed by atoms with Gasteiger partial charge in [0.1, 0.15) is 5.76 Å². The van der Waals surface area contributed by atoms with E-state index in [0.717, 1.165) is 30.7 Å². The summed E-state index contributed by atoms with van der Waals surface area (Å²) in [6.07, 6.45) is 4.27. The number of nitrogens with zero attached hydrogens (tertiary/aromatic N) is 2. The minimum Gasteiger partial charge on any atom is -0.467 e. The summed E-state index contributed by atoms with van der Waals surface area (Å²) in [6.45, 7) is 5.19. The van der Waals surface area contributed by atoms with Crippen LogP contribution in [0.5, 0.6) is 0 Å². The second-order valence-corrected chi connectivity index (χ2v) is 4.67. The molecule has 1 aromatic heterocycles. The second kappa shape index (κ2) is 5.75. The summed E-state index contributed by atoms with van der Waals surface area (Å²) in [4.78, 5) is 6.67. The highest BCUT2D eigenvalue weighted by Gasteiger charge is 2.18. The molecule has 1 unspecified atom stereocenters. The van der Waals surface area contributed by atoms with Gasteiger partial charge in [-0.2, -0.15) is 0 Å². The van der Waals surface area contributed by atoms with Crippen LogP contribution in [0.4, 0.5) is 0 Å². The Balaban J connectivity index is 1.88. The smallest absolute Gasteiger partial charge is 0.194 e. The van der Waals surface area contributed by atoms with Crippen LogP contribution in [0, 0.1) is 5.92 Å². The van der Waals surface area contributed by atoms with Crippen LogP contribution in [0.1, 0.15) is 25.5 Å². The number of hydrogen-bond acceptors (Lipinski definition) is 2. The van der Waals surface area contributed by atoms with Crippen LogP contribution < -0.4 is 5.32 Å². The van der Waals surface area contributed by atoms with E-state index < -0.39 is 0 Å². The summed E-state index contributed by atoms with van der Waals surface area (Å²) in [5.74, 6) is 2.68. The van der Waals surface area contributed by atoms with E-state index in [4.69, 9.17) is 4.42 Å². The fraction of sp³-hybridized carbons (Fsp3) is 0.615. The number of guanidine groups is 1. The van der Waals surface area contributed by atoms with Gasteiger partial charge < -0.3 is 14.6 Å². The molecular formula is C13H21N3O. The molecule has 0 amide bonds. The summed E-state index contributed by atoms with van der Waals surface area (Å²) in [5, 5.41) is 3.34. The van der Waals surface area contributed by atoms with Crippen molar-refractivity contribution in [3.05, 3.63) is 24.2 Å². The maximum Gasteiger partial charge on any atom is 0.194 e. The average molecular weight is 235 g/mol. The molecule has 17 heavy (non-hydrogen) atoms. The Kier molecular flexibility index (Phi) is 4.07. The highest BCUT2D eigenvalue weighted by atomic mass is 16.3. The number of aliphatic imine (C=N–C) groups is 1. The second-order valence-electron chi connectivity index (χ2n) is 4.67. The van der Waals surface area contributed by atoms with Crippen molar-refractivity contribution in [1.82, 2.24) is 10.2 Å². The van der Waals surface area contributed by atoms with E-state index in [0.29, 0.717) is 6.54 Å². The zero-order chi connectivity index (χ0) is 12.1. The van der Waals surface area contributed by atoms with Gasteiger partial charge >= 0.3 is 0 Å². The Bertz CT molecular complexity index is 359. The van der Waals surface area contributed by atoms with E-state index in [1.807, 2.05) is 19.2 Å². The van der Waals surface area contributed by atoms with E-state index in [9.17, 15) is 0 Å². The van der Waals surface area contributed by atoms with E-state index in [-0.39, 0.29) is 0 Å². The summed E-state index contributed by atoms with van der Waals surface area (Å²) >= 11 is 0. The predicted octanol–water partition coefficient (Wildman–Crippen LogP) is 2.09. The highest BCUT2D eigenvalue weighted by molar-refractivity contribution is 5.79. The first-order valence-corrected chi connectivity index (χ1v) is 6.27. The third-order valence-corrected chi connectivity index (χ3v) is 3.17. The zero-order valence-corrected chi connectivity index (χ0v) is 10.6.